The number of hydrogen-bond acceptors (Lipinski definition) is 3. The molecule has 0 spiro atoms. The number of ether oxygens (including phenoxy) is 1. The van der Waals surface area contributed by atoms with Gasteiger partial charge in [0, 0.05) is 26.1 Å². The van der Waals surface area contributed by atoms with Crippen LogP contribution in [-0.2, 0) is 17.9 Å². The second-order valence-electron chi connectivity index (χ2n) is 7.71. The minimum absolute atomic E-state index is 0.224. The molecule has 6 heteroatoms. The van der Waals surface area contributed by atoms with Gasteiger partial charge in [0.1, 0.15) is 12.4 Å². The highest BCUT2D eigenvalue weighted by Crippen LogP contribution is 2.20. The van der Waals surface area contributed by atoms with Crippen LogP contribution in [0.15, 0.2) is 59.6 Å². The predicted molar refractivity (Wildman–Crippen MR) is 120 cm³/mol. The summed E-state index contributed by atoms with van der Waals surface area (Å²) in [6, 6.07) is 18.2. The predicted octanol–water partition coefficient (Wildman–Crippen LogP) is 3.32. The molecule has 6 nitrogen and oxygen atoms in total. The van der Waals surface area contributed by atoms with Gasteiger partial charge in [-0.15, -0.1) is 0 Å². The van der Waals surface area contributed by atoms with Crippen molar-refractivity contribution in [2.24, 2.45) is 16.6 Å². The van der Waals surface area contributed by atoms with E-state index >= 15 is 0 Å². The molecule has 0 radical (unpaired) electrons. The van der Waals surface area contributed by atoms with Crippen molar-refractivity contribution in [3.63, 3.8) is 0 Å². The van der Waals surface area contributed by atoms with E-state index in [0.717, 1.165) is 55.3 Å². The smallest absolute Gasteiger partial charge is 0.217 e. The maximum absolute atomic E-state index is 11.3. The number of guanidine groups is 1. The minimum atomic E-state index is -0.224. The lowest BCUT2D eigenvalue weighted by molar-refractivity contribution is -0.119. The number of amides is 1. The molecule has 1 heterocycles. The van der Waals surface area contributed by atoms with E-state index in [1.807, 2.05) is 30.3 Å². The third-order valence-electron chi connectivity index (χ3n) is 5.23. The van der Waals surface area contributed by atoms with Crippen molar-refractivity contribution in [1.29, 1.82) is 0 Å². The first-order valence-electron chi connectivity index (χ1n) is 10.7. The van der Waals surface area contributed by atoms with Crippen LogP contribution in [0.4, 0.5) is 0 Å². The van der Waals surface area contributed by atoms with E-state index in [4.69, 9.17) is 15.5 Å². The Morgan fingerprint density at radius 2 is 1.93 bits per heavy atom. The SMILES string of the molecule is CCNC(=NCc1ccc(OCc2ccccc2)cc1)N1CCCC(CC(N)=O)C1. The molecule has 1 aliphatic heterocycles. The number of carbonyl (C=O) groups is 1. The molecule has 3 N–H and O–H groups in total. The van der Waals surface area contributed by atoms with Crippen LogP contribution in [0.1, 0.15) is 37.3 Å². The zero-order valence-electron chi connectivity index (χ0n) is 17.7. The number of piperidine rings is 1. The lowest BCUT2D eigenvalue weighted by Crippen LogP contribution is -2.47. The number of likely N-dealkylation sites (tertiary alicyclic amines) is 1. The molecule has 30 heavy (non-hydrogen) atoms. The fraction of sp³-hybridized carbons (Fsp3) is 0.417. The zero-order chi connectivity index (χ0) is 21.2. The third-order valence-corrected chi connectivity index (χ3v) is 5.23. The Kier molecular flexibility index (Phi) is 8.12. The molecule has 2 aromatic rings. The van der Waals surface area contributed by atoms with Gasteiger partial charge in [0.25, 0.3) is 0 Å². The molecule has 1 unspecified atom stereocenters. The minimum Gasteiger partial charge on any atom is -0.489 e. The van der Waals surface area contributed by atoms with Crippen molar-refractivity contribution >= 4 is 11.9 Å². The summed E-state index contributed by atoms with van der Waals surface area (Å²) in [6.07, 6.45) is 2.54. The van der Waals surface area contributed by atoms with Crippen LogP contribution < -0.4 is 15.8 Å². The highest BCUT2D eigenvalue weighted by atomic mass is 16.5. The van der Waals surface area contributed by atoms with Gasteiger partial charge >= 0.3 is 0 Å². The molecule has 1 aliphatic rings. The lowest BCUT2D eigenvalue weighted by atomic mass is 9.95. The Morgan fingerprint density at radius 3 is 2.63 bits per heavy atom. The average Bonchev–Trinajstić information content (AvgIpc) is 2.76. The number of nitrogens with two attached hydrogens (primary N) is 1. The third kappa shape index (κ3) is 6.79. The van der Waals surface area contributed by atoms with E-state index in [0.29, 0.717) is 25.5 Å². The fourth-order valence-electron chi connectivity index (χ4n) is 3.73. The largest absolute Gasteiger partial charge is 0.489 e. The Labute approximate surface area is 179 Å². The summed E-state index contributed by atoms with van der Waals surface area (Å²) in [5.74, 6) is 1.83. The lowest BCUT2D eigenvalue weighted by Gasteiger charge is -2.34. The monoisotopic (exact) mass is 408 g/mol. The summed E-state index contributed by atoms with van der Waals surface area (Å²) in [5, 5.41) is 3.38. The zero-order valence-corrected chi connectivity index (χ0v) is 17.7. The topological polar surface area (TPSA) is 80.0 Å². The molecule has 2 aromatic carbocycles. The molecule has 1 fully saturated rings. The number of nitrogens with one attached hydrogen (secondary N) is 1. The molecule has 0 aromatic heterocycles. The molecular formula is C24H32N4O2. The van der Waals surface area contributed by atoms with Gasteiger partial charge in [0.15, 0.2) is 5.96 Å². The highest BCUT2D eigenvalue weighted by Gasteiger charge is 2.23. The molecule has 3 rings (SSSR count). The highest BCUT2D eigenvalue weighted by molar-refractivity contribution is 5.80. The van der Waals surface area contributed by atoms with Crippen molar-refractivity contribution in [3.8, 4) is 5.75 Å². The second-order valence-corrected chi connectivity index (χ2v) is 7.71. The summed E-state index contributed by atoms with van der Waals surface area (Å²) in [4.78, 5) is 18.3. The van der Waals surface area contributed by atoms with Gasteiger partial charge in [0.05, 0.1) is 6.54 Å². The molecule has 1 amide bonds. The molecule has 1 atom stereocenters. The van der Waals surface area contributed by atoms with Crippen molar-refractivity contribution in [2.75, 3.05) is 19.6 Å². The first-order valence-corrected chi connectivity index (χ1v) is 10.7. The van der Waals surface area contributed by atoms with Gasteiger partial charge in [-0.1, -0.05) is 42.5 Å². The molecule has 160 valence electrons. The Morgan fingerprint density at radius 1 is 1.17 bits per heavy atom. The summed E-state index contributed by atoms with van der Waals surface area (Å²) in [5.41, 5.74) is 7.67. The first-order chi connectivity index (χ1) is 14.6. The number of nitrogens with zero attached hydrogens (tertiary/aromatic N) is 2. The van der Waals surface area contributed by atoms with Crippen LogP contribution in [0, 0.1) is 5.92 Å². The standard InChI is InChI=1S/C24H32N4O2/c1-2-26-24(28-14-6-9-21(17-28)15-23(25)29)27-16-19-10-12-22(13-11-19)30-18-20-7-4-3-5-8-20/h3-5,7-8,10-13,21H,2,6,9,14-18H2,1H3,(H2,25,29)(H,26,27). The maximum atomic E-state index is 11.3. The Balaban J connectivity index is 1.56. The Hall–Kier alpha value is -3.02. The number of primary amides is 1. The summed E-state index contributed by atoms with van der Waals surface area (Å²) < 4.78 is 5.86. The van der Waals surface area contributed by atoms with Gasteiger partial charge in [0.2, 0.25) is 5.91 Å². The van der Waals surface area contributed by atoms with Crippen molar-refractivity contribution in [2.45, 2.75) is 39.3 Å². The van der Waals surface area contributed by atoms with Gasteiger partial charge < -0.3 is 20.7 Å². The fourth-order valence-corrected chi connectivity index (χ4v) is 3.73. The number of benzene rings is 2. The normalized spacial score (nSPS) is 16.9. The molecule has 1 saturated heterocycles. The van der Waals surface area contributed by atoms with Crippen LogP contribution in [-0.4, -0.2) is 36.4 Å². The van der Waals surface area contributed by atoms with Crippen molar-refractivity contribution in [1.82, 2.24) is 10.2 Å². The van der Waals surface area contributed by atoms with Crippen molar-refractivity contribution in [3.05, 3.63) is 65.7 Å². The van der Waals surface area contributed by atoms with Gasteiger partial charge in [-0.25, -0.2) is 4.99 Å². The van der Waals surface area contributed by atoms with E-state index in [-0.39, 0.29) is 5.91 Å². The van der Waals surface area contributed by atoms with Crippen molar-refractivity contribution < 1.29 is 9.53 Å². The molecule has 0 aliphatic carbocycles. The molecule has 0 saturated carbocycles. The number of hydrogen-bond donors (Lipinski definition) is 2. The number of aliphatic imine (C=N–C) groups is 1. The van der Waals surface area contributed by atoms with Gasteiger partial charge in [-0.3, -0.25) is 4.79 Å². The first kappa shape index (κ1) is 21.7. The number of rotatable bonds is 8. The van der Waals surface area contributed by atoms with E-state index in [1.165, 1.54) is 0 Å². The summed E-state index contributed by atoms with van der Waals surface area (Å²) in [7, 11) is 0. The second kappa shape index (κ2) is 11.2. The number of carbonyl (C=O) groups excluding carboxylic acids is 1. The van der Waals surface area contributed by atoms with Gasteiger partial charge in [-0.05, 0) is 48.9 Å². The van der Waals surface area contributed by atoms with Crippen LogP contribution in [0.25, 0.3) is 0 Å². The van der Waals surface area contributed by atoms with Gasteiger partial charge in [-0.2, -0.15) is 0 Å². The van der Waals surface area contributed by atoms with E-state index in [9.17, 15) is 4.79 Å². The summed E-state index contributed by atoms with van der Waals surface area (Å²) in [6.45, 7) is 5.80. The van der Waals surface area contributed by atoms with E-state index in [2.05, 4.69) is 41.4 Å². The van der Waals surface area contributed by atoms with E-state index < -0.39 is 0 Å². The van der Waals surface area contributed by atoms with Crippen LogP contribution >= 0.6 is 0 Å². The maximum Gasteiger partial charge on any atom is 0.217 e. The quantitative estimate of drug-likeness (QED) is 0.519. The molecular weight excluding hydrogens is 376 g/mol. The molecule has 0 bridgehead atoms. The summed E-state index contributed by atoms with van der Waals surface area (Å²) >= 11 is 0. The van der Waals surface area contributed by atoms with Crippen LogP contribution in [0.2, 0.25) is 0 Å². The Bertz CT molecular complexity index is 821. The van der Waals surface area contributed by atoms with Crippen LogP contribution in [0.5, 0.6) is 5.75 Å². The van der Waals surface area contributed by atoms with Crippen LogP contribution in [0.3, 0.4) is 0 Å². The average molecular weight is 409 g/mol. The van der Waals surface area contributed by atoms with E-state index in [1.54, 1.807) is 0 Å².